The van der Waals surface area contributed by atoms with Gasteiger partial charge in [-0.2, -0.15) is 0 Å². The molecule has 0 aromatic carbocycles. The van der Waals surface area contributed by atoms with E-state index < -0.39 is 0 Å². The summed E-state index contributed by atoms with van der Waals surface area (Å²) in [7, 11) is 0. The second-order valence-corrected chi connectivity index (χ2v) is 4.20. The van der Waals surface area contributed by atoms with Crippen molar-refractivity contribution in [2.45, 2.75) is 38.1 Å². The molecule has 0 amide bonds. The molecule has 1 aliphatic carbocycles. The van der Waals surface area contributed by atoms with Crippen molar-refractivity contribution < 1.29 is 0 Å². The van der Waals surface area contributed by atoms with E-state index in [1.807, 2.05) is 12.4 Å². The normalized spacial score (nSPS) is 22.1. The van der Waals surface area contributed by atoms with Crippen molar-refractivity contribution in [3.63, 3.8) is 0 Å². The molecule has 1 aromatic rings. The van der Waals surface area contributed by atoms with Crippen LogP contribution in [-0.4, -0.2) is 14.9 Å². The number of hydrogen-bond acceptors (Lipinski definition) is 1. The Hall–Kier alpha value is -0.760. The molecule has 1 unspecified atom stereocenters. The van der Waals surface area contributed by atoms with Crippen molar-refractivity contribution in [2.75, 3.05) is 0 Å². The van der Waals surface area contributed by atoms with Gasteiger partial charge in [-0.25, -0.2) is 4.98 Å². The zero-order valence-electron chi connectivity index (χ0n) is 8.41. The molecule has 1 aromatic heterocycles. The molecule has 1 aliphatic rings. The molecule has 1 heterocycles. The fraction of sp³-hybridized carbons (Fsp3) is 0.545. The van der Waals surface area contributed by atoms with Gasteiger partial charge in [0.05, 0.1) is 5.38 Å². The van der Waals surface area contributed by atoms with Gasteiger partial charge in [-0.1, -0.05) is 6.08 Å². The second-order valence-electron chi connectivity index (χ2n) is 3.64. The maximum absolute atomic E-state index is 6.11. The van der Waals surface area contributed by atoms with Crippen molar-refractivity contribution in [2.24, 2.45) is 0 Å². The number of aromatic nitrogens is 2. The third-order valence-corrected chi connectivity index (χ3v) is 3.00. The quantitative estimate of drug-likeness (QED) is 0.686. The zero-order chi connectivity index (χ0) is 9.97. The topological polar surface area (TPSA) is 17.8 Å². The summed E-state index contributed by atoms with van der Waals surface area (Å²) < 4.78 is 2.17. The Morgan fingerprint density at radius 3 is 3.21 bits per heavy atom. The number of rotatable bonds is 2. The predicted molar refractivity (Wildman–Crippen MR) is 59.4 cm³/mol. The highest BCUT2D eigenvalue weighted by molar-refractivity contribution is 6.22. The van der Waals surface area contributed by atoms with Gasteiger partial charge in [0, 0.05) is 18.9 Å². The summed E-state index contributed by atoms with van der Waals surface area (Å²) in [6.07, 6.45) is 9.42. The second kappa shape index (κ2) is 4.18. The molecular formula is C11H15ClN2. The first-order valence-corrected chi connectivity index (χ1v) is 5.61. The van der Waals surface area contributed by atoms with Gasteiger partial charge in [0.2, 0.25) is 0 Å². The Kier molecular flexibility index (Phi) is 2.92. The van der Waals surface area contributed by atoms with Gasteiger partial charge in [0.25, 0.3) is 0 Å². The smallest absolute Gasteiger partial charge is 0.135 e. The summed E-state index contributed by atoms with van der Waals surface area (Å²) >= 11 is 6.11. The van der Waals surface area contributed by atoms with E-state index in [1.165, 1.54) is 12.0 Å². The minimum atomic E-state index is 0.195. The summed E-state index contributed by atoms with van der Waals surface area (Å²) in [6.45, 7) is 3.10. The van der Waals surface area contributed by atoms with Crippen molar-refractivity contribution in [1.29, 1.82) is 0 Å². The predicted octanol–water partition coefficient (Wildman–Crippen LogP) is 3.08. The third-order valence-electron chi connectivity index (χ3n) is 2.65. The zero-order valence-corrected chi connectivity index (χ0v) is 9.17. The Morgan fingerprint density at radius 2 is 2.50 bits per heavy atom. The van der Waals surface area contributed by atoms with Gasteiger partial charge in [0.15, 0.2) is 0 Å². The van der Waals surface area contributed by atoms with Crippen LogP contribution in [0.2, 0.25) is 0 Å². The van der Waals surface area contributed by atoms with Gasteiger partial charge < -0.3 is 4.57 Å². The molecule has 0 fully saturated rings. The van der Waals surface area contributed by atoms with Crippen molar-refractivity contribution >= 4 is 17.2 Å². The molecule has 0 radical (unpaired) electrons. The number of nitrogens with zero attached hydrogens (tertiary/aromatic N) is 2. The number of allylic oxidation sites excluding steroid dienone is 2. The number of alkyl halides is 1. The number of halogens is 1. The monoisotopic (exact) mass is 210 g/mol. The van der Waals surface area contributed by atoms with Gasteiger partial charge in [-0.05, 0) is 31.8 Å². The van der Waals surface area contributed by atoms with Crippen LogP contribution in [0.4, 0.5) is 0 Å². The summed E-state index contributed by atoms with van der Waals surface area (Å²) in [4.78, 5) is 4.38. The summed E-state index contributed by atoms with van der Waals surface area (Å²) in [6, 6.07) is 0. The fourth-order valence-electron chi connectivity index (χ4n) is 1.91. The summed E-state index contributed by atoms with van der Waals surface area (Å²) in [5.74, 6) is 1.10. The first-order chi connectivity index (χ1) is 6.81. The Morgan fingerprint density at radius 1 is 1.64 bits per heavy atom. The van der Waals surface area contributed by atoms with Crippen LogP contribution in [0.5, 0.6) is 0 Å². The molecule has 2 nitrogen and oxygen atoms in total. The van der Waals surface area contributed by atoms with E-state index >= 15 is 0 Å². The van der Waals surface area contributed by atoms with Crippen LogP contribution in [0.3, 0.4) is 0 Å². The Labute approximate surface area is 89.6 Å². The van der Waals surface area contributed by atoms with Crippen LogP contribution in [-0.2, 0) is 6.54 Å². The first kappa shape index (κ1) is 9.78. The number of hydrogen-bond donors (Lipinski definition) is 0. The van der Waals surface area contributed by atoms with Crippen molar-refractivity contribution in [1.82, 2.24) is 9.55 Å². The lowest BCUT2D eigenvalue weighted by Gasteiger charge is -2.16. The average Bonchev–Trinajstić information content (AvgIpc) is 2.65. The summed E-state index contributed by atoms with van der Waals surface area (Å²) in [5.41, 5.74) is 1.31. The van der Waals surface area contributed by atoms with E-state index in [4.69, 9.17) is 11.6 Å². The molecular weight excluding hydrogens is 196 g/mol. The highest BCUT2D eigenvalue weighted by Gasteiger charge is 2.15. The van der Waals surface area contributed by atoms with E-state index in [0.717, 1.165) is 25.2 Å². The van der Waals surface area contributed by atoms with E-state index in [0.29, 0.717) is 0 Å². The Balaban J connectivity index is 2.29. The van der Waals surface area contributed by atoms with Crippen LogP contribution in [0, 0.1) is 0 Å². The highest BCUT2D eigenvalue weighted by atomic mass is 35.5. The van der Waals surface area contributed by atoms with Gasteiger partial charge in [0.1, 0.15) is 5.82 Å². The minimum Gasteiger partial charge on any atom is -0.332 e. The third kappa shape index (κ3) is 1.85. The molecule has 2 rings (SSSR count). The fourth-order valence-corrected chi connectivity index (χ4v) is 2.22. The maximum Gasteiger partial charge on any atom is 0.135 e. The van der Waals surface area contributed by atoms with Crippen molar-refractivity contribution in [3.05, 3.63) is 24.3 Å². The minimum absolute atomic E-state index is 0.195. The summed E-state index contributed by atoms with van der Waals surface area (Å²) in [5, 5.41) is 0.195. The molecule has 0 aliphatic heterocycles. The lowest BCUT2D eigenvalue weighted by atomic mass is 9.99. The van der Waals surface area contributed by atoms with Crippen LogP contribution in [0.15, 0.2) is 18.5 Å². The molecule has 1 atom stereocenters. The molecule has 0 bridgehead atoms. The lowest BCUT2D eigenvalue weighted by molar-refractivity contribution is 0.710. The molecule has 14 heavy (non-hydrogen) atoms. The molecule has 0 saturated carbocycles. The molecule has 0 spiro atoms. The molecule has 3 heteroatoms. The maximum atomic E-state index is 6.11. The molecule has 0 saturated heterocycles. The first-order valence-electron chi connectivity index (χ1n) is 5.17. The number of imidazole rings is 1. The molecule has 0 N–H and O–H groups in total. The van der Waals surface area contributed by atoms with E-state index in [1.54, 1.807) is 0 Å². The van der Waals surface area contributed by atoms with Gasteiger partial charge >= 0.3 is 0 Å². The van der Waals surface area contributed by atoms with E-state index in [2.05, 4.69) is 22.6 Å². The van der Waals surface area contributed by atoms with Crippen LogP contribution >= 0.6 is 11.6 Å². The van der Waals surface area contributed by atoms with Crippen molar-refractivity contribution in [3.8, 4) is 0 Å². The standard InChI is InChI=1S/C11H15ClN2/c1-2-14-7-6-13-11(14)9-4-3-5-10(12)8-9/h6-8,10H,2-5H2,1H3. The van der Waals surface area contributed by atoms with E-state index in [9.17, 15) is 0 Å². The number of aryl methyl sites for hydroxylation is 1. The van der Waals surface area contributed by atoms with Crippen LogP contribution < -0.4 is 0 Å². The van der Waals surface area contributed by atoms with Crippen LogP contribution in [0.1, 0.15) is 32.0 Å². The van der Waals surface area contributed by atoms with Crippen LogP contribution in [0.25, 0.3) is 5.57 Å². The van der Waals surface area contributed by atoms with E-state index in [-0.39, 0.29) is 5.38 Å². The largest absolute Gasteiger partial charge is 0.332 e. The average molecular weight is 211 g/mol. The lowest BCUT2D eigenvalue weighted by Crippen LogP contribution is -2.07. The molecule has 76 valence electrons. The van der Waals surface area contributed by atoms with Gasteiger partial charge in [-0.15, -0.1) is 11.6 Å². The van der Waals surface area contributed by atoms with Gasteiger partial charge in [-0.3, -0.25) is 0 Å². The SMILES string of the molecule is CCn1ccnc1C1=CC(Cl)CCC1. The highest BCUT2D eigenvalue weighted by Crippen LogP contribution is 2.28. The Bertz CT molecular complexity index is 341.